The lowest BCUT2D eigenvalue weighted by Crippen LogP contribution is -2.14. The first-order valence-corrected chi connectivity index (χ1v) is 6.37. The Kier molecular flexibility index (Phi) is 4.40. The van der Waals surface area contributed by atoms with Gasteiger partial charge in [-0.15, -0.1) is 0 Å². The molecule has 2 aromatic rings. The molecule has 0 saturated heterocycles. The van der Waals surface area contributed by atoms with E-state index < -0.39 is 17.7 Å². The van der Waals surface area contributed by atoms with Gasteiger partial charge in [-0.25, -0.2) is 8.78 Å². The Balaban J connectivity index is 2.20. The van der Waals surface area contributed by atoms with Crippen LogP contribution >= 0.6 is 23.2 Å². The highest BCUT2D eigenvalue weighted by Gasteiger charge is 2.11. The highest BCUT2D eigenvalue weighted by Crippen LogP contribution is 2.25. The molecule has 1 unspecified atom stereocenters. The summed E-state index contributed by atoms with van der Waals surface area (Å²) in [5.41, 5.74) is 7.20. The summed E-state index contributed by atoms with van der Waals surface area (Å²) in [6.07, 6.45) is 0.416. The Bertz CT molecular complexity index is 582. The standard InChI is InChI=1S/C14H11Cl2F2N/c15-12-2-1-8(3-13(12)16)4-14(19)9-5-10(17)7-11(18)6-9/h1-3,5-7,14H,4,19H2. The third-order valence-corrected chi connectivity index (χ3v) is 3.49. The zero-order valence-corrected chi connectivity index (χ0v) is 11.3. The van der Waals surface area contributed by atoms with Crippen LogP contribution in [-0.4, -0.2) is 0 Å². The first-order valence-electron chi connectivity index (χ1n) is 5.61. The van der Waals surface area contributed by atoms with Crippen LogP contribution in [0.25, 0.3) is 0 Å². The van der Waals surface area contributed by atoms with E-state index in [-0.39, 0.29) is 0 Å². The highest BCUT2D eigenvalue weighted by atomic mass is 35.5. The summed E-state index contributed by atoms with van der Waals surface area (Å²) < 4.78 is 26.2. The van der Waals surface area contributed by atoms with E-state index in [1.807, 2.05) is 0 Å². The lowest BCUT2D eigenvalue weighted by atomic mass is 9.99. The summed E-state index contributed by atoms with van der Waals surface area (Å²) in [7, 11) is 0. The van der Waals surface area contributed by atoms with Gasteiger partial charge in [-0.2, -0.15) is 0 Å². The molecule has 0 bridgehead atoms. The molecule has 2 aromatic carbocycles. The van der Waals surface area contributed by atoms with Crippen LogP contribution < -0.4 is 5.73 Å². The average Bonchev–Trinajstić information content (AvgIpc) is 2.32. The summed E-state index contributed by atoms with van der Waals surface area (Å²) in [4.78, 5) is 0. The van der Waals surface area contributed by atoms with Crippen LogP contribution in [0.1, 0.15) is 17.2 Å². The molecule has 0 aliphatic heterocycles. The second-order valence-corrected chi connectivity index (χ2v) is 5.08. The number of benzene rings is 2. The van der Waals surface area contributed by atoms with Gasteiger partial charge in [0.15, 0.2) is 0 Å². The average molecular weight is 302 g/mol. The van der Waals surface area contributed by atoms with Crippen molar-refractivity contribution in [2.45, 2.75) is 12.5 Å². The van der Waals surface area contributed by atoms with Crippen LogP contribution in [0.2, 0.25) is 10.0 Å². The van der Waals surface area contributed by atoms with E-state index in [2.05, 4.69) is 0 Å². The minimum Gasteiger partial charge on any atom is -0.324 e. The summed E-state index contributed by atoms with van der Waals surface area (Å²) in [5.74, 6) is -1.28. The van der Waals surface area contributed by atoms with Gasteiger partial charge in [0.2, 0.25) is 0 Å². The zero-order valence-electron chi connectivity index (χ0n) is 9.84. The molecule has 0 aliphatic carbocycles. The summed E-state index contributed by atoms with van der Waals surface area (Å²) in [5, 5.41) is 0.882. The zero-order chi connectivity index (χ0) is 14.0. The van der Waals surface area contributed by atoms with Gasteiger partial charge in [0.25, 0.3) is 0 Å². The molecule has 0 saturated carbocycles. The number of nitrogens with two attached hydrogens (primary N) is 1. The minimum atomic E-state index is -0.639. The fourth-order valence-electron chi connectivity index (χ4n) is 1.83. The molecular weight excluding hydrogens is 291 g/mol. The molecule has 1 atom stereocenters. The second-order valence-electron chi connectivity index (χ2n) is 4.26. The summed E-state index contributed by atoms with van der Waals surface area (Å²) in [6.45, 7) is 0. The molecule has 2 rings (SSSR count). The summed E-state index contributed by atoms with van der Waals surface area (Å²) >= 11 is 11.7. The van der Waals surface area contributed by atoms with Crippen LogP contribution in [-0.2, 0) is 6.42 Å². The fraction of sp³-hybridized carbons (Fsp3) is 0.143. The van der Waals surface area contributed by atoms with Crippen LogP contribution in [0.5, 0.6) is 0 Å². The Hall–Kier alpha value is -1.16. The molecular formula is C14H11Cl2F2N. The van der Waals surface area contributed by atoms with Crippen molar-refractivity contribution in [1.82, 2.24) is 0 Å². The van der Waals surface area contributed by atoms with Gasteiger partial charge in [0.05, 0.1) is 10.0 Å². The second kappa shape index (κ2) is 5.87. The number of halogens is 4. The Morgan fingerprint density at radius 2 is 1.58 bits per heavy atom. The van der Waals surface area contributed by atoms with Crippen molar-refractivity contribution in [2.24, 2.45) is 5.73 Å². The van der Waals surface area contributed by atoms with Gasteiger partial charge in [0.1, 0.15) is 11.6 Å². The van der Waals surface area contributed by atoms with E-state index in [4.69, 9.17) is 28.9 Å². The number of hydrogen-bond donors (Lipinski definition) is 1. The molecule has 5 heteroatoms. The van der Waals surface area contributed by atoms with Crippen molar-refractivity contribution in [1.29, 1.82) is 0 Å². The third kappa shape index (κ3) is 3.66. The highest BCUT2D eigenvalue weighted by molar-refractivity contribution is 6.42. The van der Waals surface area contributed by atoms with Crippen LogP contribution in [0.3, 0.4) is 0 Å². The maximum Gasteiger partial charge on any atom is 0.126 e. The van der Waals surface area contributed by atoms with Crippen molar-refractivity contribution in [2.75, 3.05) is 0 Å². The molecule has 0 aliphatic rings. The van der Waals surface area contributed by atoms with Crippen LogP contribution in [0, 0.1) is 11.6 Å². The molecule has 1 nitrogen and oxygen atoms in total. The Morgan fingerprint density at radius 3 is 2.16 bits per heavy atom. The summed E-state index contributed by atoms with van der Waals surface area (Å²) in [6, 6.07) is 7.90. The molecule has 100 valence electrons. The minimum absolute atomic E-state index is 0.406. The van der Waals surface area contributed by atoms with Crippen LogP contribution in [0.4, 0.5) is 8.78 Å². The van der Waals surface area contributed by atoms with E-state index in [1.54, 1.807) is 18.2 Å². The smallest absolute Gasteiger partial charge is 0.126 e. The predicted octanol–water partition coefficient (Wildman–Crippen LogP) is 4.51. The monoisotopic (exact) mass is 301 g/mol. The molecule has 0 radical (unpaired) electrons. The van der Waals surface area contributed by atoms with Gasteiger partial charge in [-0.05, 0) is 41.8 Å². The fourth-order valence-corrected chi connectivity index (χ4v) is 2.15. The van der Waals surface area contributed by atoms with Crippen molar-refractivity contribution < 1.29 is 8.78 Å². The first-order chi connectivity index (χ1) is 8.95. The molecule has 0 heterocycles. The SMILES string of the molecule is NC(Cc1ccc(Cl)c(Cl)c1)c1cc(F)cc(F)c1. The quantitative estimate of drug-likeness (QED) is 0.886. The molecule has 0 spiro atoms. The third-order valence-electron chi connectivity index (χ3n) is 2.75. The van der Waals surface area contributed by atoms with Gasteiger partial charge in [-0.3, -0.25) is 0 Å². The topological polar surface area (TPSA) is 26.0 Å². The Morgan fingerprint density at radius 1 is 0.947 bits per heavy atom. The normalized spacial score (nSPS) is 12.5. The van der Waals surface area contributed by atoms with E-state index in [9.17, 15) is 8.78 Å². The van der Waals surface area contributed by atoms with Crippen LogP contribution in [0.15, 0.2) is 36.4 Å². The van der Waals surface area contributed by atoms with Crippen molar-refractivity contribution >= 4 is 23.2 Å². The molecule has 2 N–H and O–H groups in total. The van der Waals surface area contributed by atoms with Gasteiger partial charge in [-0.1, -0.05) is 29.3 Å². The van der Waals surface area contributed by atoms with E-state index in [0.29, 0.717) is 22.0 Å². The lowest BCUT2D eigenvalue weighted by Gasteiger charge is -2.13. The number of rotatable bonds is 3. The largest absolute Gasteiger partial charge is 0.324 e. The first kappa shape index (κ1) is 14.3. The van der Waals surface area contributed by atoms with Gasteiger partial charge < -0.3 is 5.73 Å². The van der Waals surface area contributed by atoms with Gasteiger partial charge in [0, 0.05) is 12.1 Å². The molecule has 0 aromatic heterocycles. The van der Waals surface area contributed by atoms with Crippen molar-refractivity contribution in [3.63, 3.8) is 0 Å². The number of hydrogen-bond acceptors (Lipinski definition) is 1. The predicted molar refractivity (Wildman–Crippen MR) is 73.5 cm³/mol. The lowest BCUT2D eigenvalue weighted by molar-refractivity contribution is 0.572. The molecule has 0 amide bonds. The molecule has 0 fully saturated rings. The van der Waals surface area contributed by atoms with E-state index in [0.717, 1.165) is 11.6 Å². The van der Waals surface area contributed by atoms with E-state index >= 15 is 0 Å². The van der Waals surface area contributed by atoms with Gasteiger partial charge >= 0.3 is 0 Å². The van der Waals surface area contributed by atoms with E-state index in [1.165, 1.54) is 12.1 Å². The maximum atomic E-state index is 13.1. The van der Waals surface area contributed by atoms with Crippen molar-refractivity contribution in [3.8, 4) is 0 Å². The maximum absolute atomic E-state index is 13.1. The van der Waals surface area contributed by atoms with Crippen molar-refractivity contribution in [3.05, 3.63) is 69.2 Å². The Labute approximate surface area is 119 Å². The molecule has 19 heavy (non-hydrogen) atoms.